The first-order valence-corrected chi connectivity index (χ1v) is 8.82. The minimum Gasteiger partial charge on any atom is -0.469 e. The number of likely N-dealkylation sites (tertiary alicyclic amines) is 1. The van der Waals surface area contributed by atoms with Crippen molar-refractivity contribution in [2.75, 3.05) is 52.8 Å². The van der Waals surface area contributed by atoms with Crippen LogP contribution in [0, 0.1) is 5.92 Å². The van der Waals surface area contributed by atoms with Gasteiger partial charge < -0.3 is 19.4 Å². The summed E-state index contributed by atoms with van der Waals surface area (Å²) in [6, 6.07) is 8.26. The minimum absolute atomic E-state index is 0.00297. The lowest BCUT2D eigenvalue weighted by Gasteiger charge is -2.28. The first kappa shape index (κ1) is 19.2. The van der Waals surface area contributed by atoms with Crippen molar-refractivity contribution in [1.82, 2.24) is 4.90 Å². The van der Waals surface area contributed by atoms with E-state index in [1.165, 1.54) is 12.0 Å². The van der Waals surface area contributed by atoms with E-state index in [0.29, 0.717) is 13.1 Å². The molecule has 1 aliphatic heterocycles. The number of carbonyl (C=O) groups excluding carboxylic acids is 2. The van der Waals surface area contributed by atoms with Crippen LogP contribution < -0.4 is 9.80 Å². The van der Waals surface area contributed by atoms with E-state index in [1.54, 1.807) is 4.90 Å². The second-order valence-electron chi connectivity index (χ2n) is 7.03. The topological polar surface area (TPSA) is 54.3 Å². The molecule has 0 bridgehead atoms. The molecule has 1 fully saturated rings. The third-order valence-corrected chi connectivity index (χ3v) is 4.93. The highest BCUT2D eigenvalue weighted by atomic mass is 16.5. The number of benzene rings is 1. The third kappa shape index (κ3) is 5.46. The monoisotopic (exact) mass is 348 g/mol. The molecule has 6 heteroatoms. The smallest absolute Gasteiger partial charge is 0.309 e. The van der Waals surface area contributed by atoms with Crippen molar-refractivity contribution in [3.63, 3.8) is 0 Å². The van der Waals surface area contributed by atoms with Gasteiger partial charge in [0.15, 0.2) is 6.54 Å². The van der Waals surface area contributed by atoms with Crippen LogP contribution in [0.5, 0.6) is 0 Å². The molecule has 1 aromatic carbocycles. The van der Waals surface area contributed by atoms with Crippen LogP contribution in [0.15, 0.2) is 24.3 Å². The summed E-state index contributed by atoms with van der Waals surface area (Å²) < 4.78 is 4.81. The van der Waals surface area contributed by atoms with Crippen LogP contribution >= 0.6 is 0 Å². The van der Waals surface area contributed by atoms with Crippen molar-refractivity contribution >= 4 is 17.6 Å². The Hall–Kier alpha value is -2.08. The molecule has 0 aromatic heterocycles. The predicted octanol–water partition coefficient (Wildman–Crippen LogP) is 0.179. The molecule has 1 heterocycles. The summed E-state index contributed by atoms with van der Waals surface area (Å²) in [5.74, 6) is 0.0173. The molecular formula is C19H30N3O3+. The molecule has 138 valence electrons. The fraction of sp³-hybridized carbons (Fsp3) is 0.579. The van der Waals surface area contributed by atoms with Crippen LogP contribution in [-0.4, -0.2) is 64.7 Å². The van der Waals surface area contributed by atoms with E-state index in [9.17, 15) is 9.59 Å². The van der Waals surface area contributed by atoms with Gasteiger partial charge in [0.2, 0.25) is 0 Å². The number of methoxy groups -OCH3 is 1. The van der Waals surface area contributed by atoms with Crippen molar-refractivity contribution < 1.29 is 19.2 Å². The van der Waals surface area contributed by atoms with Crippen LogP contribution in [0.4, 0.5) is 5.69 Å². The molecule has 6 nitrogen and oxygen atoms in total. The highest BCUT2D eigenvalue weighted by Crippen LogP contribution is 2.13. The summed E-state index contributed by atoms with van der Waals surface area (Å²) in [4.78, 5) is 29.1. The molecule has 0 unspecified atom stereocenters. The average Bonchev–Trinajstić information content (AvgIpc) is 2.62. The number of amides is 1. The molecule has 1 saturated heterocycles. The Morgan fingerprint density at radius 1 is 1.12 bits per heavy atom. The lowest BCUT2D eigenvalue weighted by Crippen LogP contribution is -3.14. The average molecular weight is 348 g/mol. The van der Waals surface area contributed by atoms with Gasteiger partial charge in [-0.1, -0.05) is 12.1 Å². The highest BCUT2D eigenvalue weighted by Gasteiger charge is 2.29. The van der Waals surface area contributed by atoms with Crippen molar-refractivity contribution in [2.24, 2.45) is 5.92 Å². The Kier molecular flexibility index (Phi) is 6.82. The normalized spacial score (nSPS) is 20.0. The van der Waals surface area contributed by atoms with Gasteiger partial charge in [0.05, 0.1) is 26.1 Å². The lowest BCUT2D eigenvalue weighted by molar-refractivity contribution is -0.898. The second kappa shape index (κ2) is 8.85. The quantitative estimate of drug-likeness (QED) is 0.745. The van der Waals surface area contributed by atoms with Gasteiger partial charge in [-0.15, -0.1) is 0 Å². The van der Waals surface area contributed by atoms with Gasteiger partial charge in [-0.2, -0.15) is 0 Å². The van der Waals surface area contributed by atoms with E-state index in [1.807, 2.05) is 21.1 Å². The summed E-state index contributed by atoms with van der Waals surface area (Å²) in [7, 11) is 7.31. The van der Waals surface area contributed by atoms with E-state index in [-0.39, 0.29) is 17.8 Å². The number of quaternary nitrogens is 1. The highest BCUT2D eigenvalue weighted by molar-refractivity contribution is 5.77. The maximum atomic E-state index is 12.5. The molecule has 1 aromatic rings. The number of piperidine rings is 1. The lowest BCUT2D eigenvalue weighted by atomic mass is 9.97. The van der Waals surface area contributed by atoms with Crippen LogP contribution in [0.3, 0.4) is 0 Å². The zero-order valence-corrected chi connectivity index (χ0v) is 15.7. The Labute approximate surface area is 150 Å². The fourth-order valence-electron chi connectivity index (χ4n) is 3.22. The van der Waals surface area contributed by atoms with Crippen LogP contribution in [0.2, 0.25) is 0 Å². The summed E-state index contributed by atoms with van der Waals surface area (Å²) in [6.45, 7) is 2.79. The number of rotatable bonds is 6. The SMILES string of the molecule is COC(=O)C1CC[NH+](CC(=O)N(C)Cc2ccc(N(C)C)cc2)CC1. The summed E-state index contributed by atoms with van der Waals surface area (Å²) >= 11 is 0. The zero-order chi connectivity index (χ0) is 18.4. The molecule has 0 radical (unpaired) electrons. The molecule has 1 aliphatic rings. The summed E-state index contributed by atoms with van der Waals surface area (Å²) in [5.41, 5.74) is 2.27. The summed E-state index contributed by atoms with van der Waals surface area (Å²) in [5, 5.41) is 0. The predicted molar refractivity (Wildman–Crippen MR) is 97.5 cm³/mol. The van der Waals surface area contributed by atoms with Gasteiger partial charge in [-0.05, 0) is 17.7 Å². The number of carbonyl (C=O) groups is 2. The van der Waals surface area contributed by atoms with E-state index in [4.69, 9.17) is 4.74 Å². The molecule has 1 amide bonds. The standard InChI is InChI=1S/C19H29N3O3/c1-20(2)17-7-5-15(6-8-17)13-21(3)18(23)14-22-11-9-16(10-12-22)19(24)25-4/h5-8,16H,9-14H2,1-4H3/p+1. The number of nitrogens with zero attached hydrogens (tertiary/aromatic N) is 2. The zero-order valence-electron chi connectivity index (χ0n) is 15.7. The van der Waals surface area contributed by atoms with Crippen molar-refractivity contribution in [1.29, 1.82) is 0 Å². The molecule has 2 rings (SSSR count). The van der Waals surface area contributed by atoms with E-state index in [2.05, 4.69) is 29.2 Å². The summed E-state index contributed by atoms with van der Waals surface area (Å²) in [6.07, 6.45) is 1.59. The van der Waals surface area contributed by atoms with Crippen molar-refractivity contribution in [3.8, 4) is 0 Å². The van der Waals surface area contributed by atoms with Crippen LogP contribution in [0.1, 0.15) is 18.4 Å². The van der Waals surface area contributed by atoms with E-state index >= 15 is 0 Å². The first-order chi connectivity index (χ1) is 11.9. The number of nitrogens with one attached hydrogen (secondary N) is 1. The molecule has 0 saturated carbocycles. The number of hydrogen-bond acceptors (Lipinski definition) is 4. The number of ether oxygens (including phenoxy) is 1. The number of hydrogen-bond donors (Lipinski definition) is 1. The van der Waals surface area contributed by atoms with Gasteiger partial charge in [0, 0.05) is 46.2 Å². The minimum atomic E-state index is -0.122. The Bertz CT molecular complexity index is 578. The second-order valence-corrected chi connectivity index (χ2v) is 7.03. The number of likely N-dealkylation sites (N-methyl/N-ethyl adjacent to an activating group) is 1. The first-order valence-electron chi connectivity index (χ1n) is 8.82. The van der Waals surface area contributed by atoms with E-state index < -0.39 is 0 Å². The molecule has 0 atom stereocenters. The Morgan fingerprint density at radius 2 is 1.72 bits per heavy atom. The van der Waals surface area contributed by atoms with Crippen LogP contribution in [-0.2, 0) is 20.9 Å². The van der Waals surface area contributed by atoms with Gasteiger partial charge in [0.1, 0.15) is 0 Å². The molecule has 25 heavy (non-hydrogen) atoms. The maximum Gasteiger partial charge on any atom is 0.309 e. The van der Waals surface area contributed by atoms with Gasteiger partial charge in [-0.3, -0.25) is 9.59 Å². The van der Waals surface area contributed by atoms with Gasteiger partial charge >= 0.3 is 5.97 Å². The van der Waals surface area contributed by atoms with Crippen molar-refractivity contribution in [3.05, 3.63) is 29.8 Å². The number of esters is 1. The molecular weight excluding hydrogens is 318 g/mol. The molecule has 0 aliphatic carbocycles. The van der Waals surface area contributed by atoms with E-state index in [0.717, 1.165) is 37.2 Å². The maximum absolute atomic E-state index is 12.5. The van der Waals surface area contributed by atoms with Crippen LogP contribution in [0.25, 0.3) is 0 Å². The fourth-order valence-corrected chi connectivity index (χ4v) is 3.22. The Balaban J connectivity index is 1.79. The Morgan fingerprint density at radius 3 is 2.24 bits per heavy atom. The third-order valence-electron chi connectivity index (χ3n) is 4.93. The van der Waals surface area contributed by atoms with Crippen molar-refractivity contribution in [2.45, 2.75) is 19.4 Å². The number of anilines is 1. The molecule has 0 spiro atoms. The van der Waals surface area contributed by atoms with Gasteiger partial charge in [0.25, 0.3) is 5.91 Å². The molecule has 1 N–H and O–H groups in total. The van der Waals surface area contributed by atoms with Gasteiger partial charge in [-0.25, -0.2) is 0 Å². The largest absolute Gasteiger partial charge is 0.469 e.